The quantitative estimate of drug-likeness (QED) is 0.831. The molecule has 112 valence electrons. The third-order valence-electron chi connectivity index (χ3n) is 4.76. The lowest BCUT2D eigenvalue weighted by atomic mass is 9.84. The monoisotopic (exact) mass is 290 g/mol. The van der Waals surface area contributed by atoms with Crippen LogP contribution in [0.3, 0.4) is 0 Å². The van der Waals surface area contributed by atoms with Crippen LogP contribution in [0.25, 0.3) is 0 Å². The largest absolute Gasteiger partial charge is 0.381 e. The first-order valence-corrected chi connectivity index (χ1v) is 7.27. The van der Waals surface area contributed by atoms with Gasteiger partial charge >= 0.3 is 0 Å². The van der Waals surface area contributed by atoms with Crippen LogP contribution < -0.4 is 11.1 Å². The number of hydrogen-bond donors (Lipinski definition) is 2. The van der Waals surface area contributed by atoms with E-state index < -0.39 is 0 Å². The van der Waals surface area contributed by atoms with Crippen molar-refractivity contribution in [3.05, 3.63) is 0 Å². The SMILES string of the molecule is CC(NC(=O)C1(CN)CCCC1)C1CCOCC1.Cl. The van der Waals surface area contributed by atoms with Crippen LogP contribution in [0, 0.1) is 11.3 Å². The third-order valence-corrected chi connectivity index (χ3v) is 4.76. The van der Waals surface area contributed by atoms with Gasteiger partial charge in [0.15, 0.2) is 0 Å². The molecule has 0 radical (unpaired) electrons. The Morgan fingerprint density at radius 1 is 1.37 bits per heavy atom. The summed E-state index contributed by atoms with van der Waals surface area (Å²) in [5.41, 5.74) is 5.56. The zero-order valence-electron chi connectivity index (χ0n) is 11.8. The molecule has 5 heteroatoms. The van der Waals surface area contributed by atoms with E-state index in [0.29, 0.717) is 12.5 Å². The maximum atomic E-state index is 12.4. The van der Waals surface area contributed by atoms with Gasteiger partial charge in [0.1, 0.15) is 0 Å². The summed E-state index contributed by atoms with van der Waals surface area (Å²) in [4.78, 5) is 12.4. The van der Waals surface area contributed by atoms with E-state index in [1.165, 1.54) is 0 Å². The van der Waals surface area contributed by atoms with Crippen molar-refractivity contribution in [2.24, 2.45) is 17.1 Å². The van der Waals surface area contributed by atoms with Crippen LogP contribution in [0.1, 0.15) is 45.4 Å². The van der Waals surface area contributed by atoms with Crippen molar-refractivity contribution >= 4 is 18.3 Å². The first kappa shape index (κ1) is 16.7. The highest BCUT2D eigenvalue weighted by molar-refractivity contribution is 5.85. The zero-order chi connectivity index (χ0) is 13.0. The second-order valence-corrected chi connectivity index (χ2v) is 5.90. The molecular weight excluding hydrogens is 264 g/mol. The number of rotatable bonds is 4. The molecule has 1 atom stereocenters. The number of hydrogen-bond acceptors (Lipinski definition) is 3. The lowest BCUT2D eigenvalue weighted by molar-refractivity contribution is -0.131. The molecule has 3 N–H and O–H groups in total. The van der Waals surface area contributed by atoms with Gasteiger partial charge in [-0.05, 0) is 38.5 Å². The maximum Gasteiger partial charge on any atom is 0.227 e. The number of carbonyl (C=O) groups is 1. The van der Waals surface area contributed by atoms with E-state index in [4.69, 9.17) is 10.5 Å². The Kier molecular flexibility index (Phi) is 6.57. The third kappa shape index (κ3) is 3.83. The molecule has 2 fully saturated rings. The van der Waals surface area contributed by atoms with E-state index in [0.717, 1.165) is 51.7 Å². The molecule has 1 amide bonds. The van der Waals surface area contributed by atoms with Gasteiger partial charge in [0.25, 0.3) is 0 Å². The van der Waals surface area contributed by atoms with Crippen molar-refractivity contribution in [1.29, 1.82) is 0 Å². The molecule has 1 aliphatic heterocycles. The highest BCUT2D eigenvalue weighted by Crippen LogP contribution is 2.37. The molecule has 1 aliphatic carbocycles. The van der Waals surface area contributed by atoms with Crippen LogP contribution in [0.15, 0.2) is 0 Å². The Hall–Kier alpha value is -0.320. The fraction of sp³-hybridized carbons (Fsp3) is 0.929. The number of halogens is 1. The second kappa shape index (κ2) is 7.46. The Balaban J connectivity index is 0.00000180. The van der Waals surface area contributed by atoms with Crippen LogP contribution in [0.4, 0.5) is 0 Å². The van der Waals surface area contributed by atoms with Gasteiger partial charge in [0.2, 0.25) is 5.91 Å². The summed E-state index contributed by atoms with van der Waals surface area (Å²) in [5, 5.41) is 3.21. The van der Waals surface area contributed by atoms with Crippen LogP contribution >= 0.6 is 12.4 Å². The van der Waals surface area contributed by atoms with Crippen molar-refractivity contribution in [2.75, 3.05) is 19.8 Å². The predicted molar refractivity (Wildman–Crippen MR) is 78.4 cm³/mol. The molecule has 19 heavy (non-hydrogen) atoms. The summed E-state index contributed by atoms with van der Waals surface area (Å²) < 4.78 is 5.36. The summed E-state index contributed by atoms with van der Waals surface area (Å²) in [5.74, 6) is 0.736. The van der Waals surface area contributed by atoms with E-state index in [1.807, 2.05) is 0 Å². The molecule has 2 rings (SSSR count). The van der Waals surface area contributed by atoms with Gasteiger partial charge in [-0.25, -0.2) is 0 Å². The molecule has 0 aromatic heterocycles. The lowest BCUT2D eigenvalue weighted by Crippen LogP contribution is -2.49. The fourth-order valence-electron chi connectivity index (χ4n) is 3.27. The molecular formula is C14H27ClN2O2. The van der Waals surface area contributed by atoms with Gasteiger partial charge in [-0.2, -0.15) is 0 Å². The highest BCUT2D eigenvalue weighted by Gasteiger charge is 2.40. The minimum absolute atomic E-state index is 0. The molecule has 1 heterocycles. The van der Waals surface area contributed by atoms with Crippen molar-refractivity contribution in [3.63, 3.8) is 0 Å². The van der Waals surface area contributed by atoms with Crippen molar-refractivity contribution in [1.82, 2.24) is 5.32 Å². The lowest BCUT2D eigenvalue weighted by Gasteiger charge is -2.32. The van der Waals surface area contributed by atoms with Crippen LogP contribution in [-0.4, -0.2) is 31.7 Å². The van der Waals surface area contributed by atoms with E-state index in [9.17, 15) is 4.79 Å². The van der Waals surface area contributed by atoms with E-state index in [2.05, 4.69) is 12.2 Å². The molecule has 0 aromatic carbocycles. The number of nitrogens with two attached hydrogens (primary N) is 1. The summed E-state index contributed by atoms with van der Waals surface area (Å²) in [6.07, 6.45) is 6.28. The first-order valence-electron chi connectivity index (χ1n) is 7.27. The molecule has 0 bridgehead atoms. The Morgan fingerprint density at radius 3 is 2.47 bits per heavy atom. The first-order chi connectivity index (χ1) is 8.68. The highest BCUT2D eigenvalue weighted by atomic mass is 35.5. The van der Waals surface area contributed by atoms with Gasteiger partial charge < -0.3 is 15.8 Å². The molecule has 4 nitrogen and oxygen atoms in total. The zero-order valence-corrected chi connectivity index (χ0v) is 12.6. The average molecular weight is 291 g/mol. The van der Waals surface area contributed by atoms with Crippen LogP contribution in [0.5, 0.6) is 0 Å². The molecule has 1 saturated heterocycles. The van der Waals surface area contributed by atoms with Gasteiger partial charge in [-0.15, -0.1) is 12.4 Å². The predicted octanol–water partition coefficient (Wildman–Crippen LogP) is 1.86. The van der Waals surface area contributed by atoms with Gasteiger partial charge in [0, 0.05) is 25.8 Å². The topological polar surface area (TPSA) is 64.4 Å². The van der Waals surface area contributed by atoms with Gasteiger partial charge in [-0.3, -0.25) is 4.79 Å². The van der Waals surface area contributed by atoms with E-state index in [-0.39, 0.29) is 29.8 Å². The standard InChI is InChI=1S/C14H26N2O2.ClH/c1-11(12-4-8-18-9-5-12)16-13(17)14(10-15)6-2-3-7-14;/h11-12H,2-10,15H2,1H3,(H,16,17);1H. The minimum Gasteiger partial charge on any atom is -0.381 e. The number of ether oxygens (including phenoxy) is 1. The Morgan fingerprint density at radius 2 is 1.95 bits per heavy atom. The van der Waals surface area contributed by atoms with Gasteiger partial charge in [-0.1, -0.05) is 12.8 Å². The van der Waals surface area contributed by atoms with Crippen molar-refractivity contribution in [2.45, 2.75) is 51.5 Å². The Bertz CT molecular complexity index is 287. The van der Waals surface area contributed by atoms with Gasteiger partial charge in [0.05, 0.1) is 5.41 Å². The summed E-state index contributed by atoms with van der Waals surface area (Å²) in [6.45, 7) is 4.26. The van der Waals surface area contributed by atoms with Crippen molar-refractivity contribution < 1.29 is 9.53 Å². The number of amides is 1. The van der Waals surface area contributed by atoms with Crippen LogP contribution in [0.2, 0.25) is 0 Å². The summed E-state index contributed by atoms with van der Waals surface area (Å²) in [6, 6.07) is 0.241. The molecule has 1 saturated carbocycles. The number of nitrogens with one attached hydrogen (secondary N) is 1. The average Bonchev–Trinajstić information content (AvgIpc) is 2.89. The second-order valence-electron chi connectivity index (χ2n) is 5.90. The molecule has 0 spiro atoms. The van der Waals surface area contributed by atoms with E-state index in [1.54, 1.807) is 0 Å². The summed E-state index contributed by atoms with van der Waals surface area (Å²) >= 11 is 0. The van der Waals surface area contributed by atoms with Crippen LogP contribution in [-0.2, 0) is 9.53 Å². The molecule has 0 aromatic rings. The molecule has 1 unspecified atom stereocenters. The van der Waals surface area contributed by atoms with E-state index >= 15 is 0 Å². The molecule has 2 aliphatic rings. The maximum absolute atomic E-state index is 12.4. The van der Waals surface area contributed by atoms with Crippen molar-refractivity contribution in [3.8, 4) is 0 Å². The Labute approximate surface area is 122 Å². The fourth-order valence-corrected chi connectivity index (χ4v) is 3.27. The minimum atomic E-state index is -0.278. The summed E-state index contributed by atoms with van der Waals surface area (Å²) in [7, 11) is 0. The normalized spacial score (nSPS) is 24.5. The number of carbonyl (C=O) groups excluding carboxylic acids is 1. The smallest absolute Gasteiger partial charge is 0.227 e.